The van der Waals surface area contributed by atoms with Crippen molar-refractivity contribution in [1.29, 1.82) is 0 Å². The number of rotatable bonds is 16. The number of hydrogen-bond acceptors (Lipinski definition) is 16. The number of anilines is 4. The second-order valence-corrected chi connectivity index (χ2v) is 16.7. The fourth-order valence-corrected chi connectivity index (χ4v) is 8.12. The number of benzene rings is 4. The predicted octanol–water partition coefficient (Wildman–Crippen LogP) is 7.74. The lowest BCUT2D eigenvalue weighted by Gasteiger charge is -2.32. The lowest BCUT2D eigenvalue weighted by molar-refractivity contribution is -0.150. The van der Waals surface area contributed by atoms with E-state index in [0.717, 1.165) is 12.2 Å². The topological polar surface area (TPSA) is 206 Å². The van der Waals surface area contributed by atoms with Crippen LogP contribution in [-0.4, -0.2) is 119 Å². The Labute approximate surface area is 408 Å². The van der Waals surface area contributed by atoms with Gasteiger partial charge in [-0.25, -0.2) is 38.3 Å². The number of nitrogens with zero attached hydrogens (tertiary/aromatic N) is 6. The highest BCUT2D eigenvalue weighted by atomic mass is 35.5. The van der Waals surface area contributed by atoms with Crippen LogP contribution in [0.4, 0.5) is 31.8 Å². The highest BCUT2D eigenvalue weighted by molar-refractivity contribution is 6.31. The predicted molar refractivity (Wildman–Crippen MR) is 253 cm³/mol. The number of nitrogens with one attached hydrogen (secondary N) is 2. The van der Waals surface area contributed by atoms with Gasteiger partial charge in [0.1, 0.15) is 36.5 Å². The molecule has 2 aromatic heterocycles. The molecule has 0 radical (unpaired) electrons. The number of carbonyl (C=O) groups is 4. The van der Waals surface area contributed by atoms with Gasteiger partial charge in [-0.15, -0.1) is 0 Å². The third-order valence-corrected chi connectivity index (χ3v) is 12.0. The highest BCUT2D eigenvalue weighted by Crippen LogP contribution is 2.39. The smallest absolute Gasteiger partial charge is 0.331 e. The van der Waals surface area contributed by atoms with Crippen molar-refractivity contribution < 1.29 is 56.4 Å². The van der Waals surface area contributed by atoms with Crippen LogP contribution in [0.1, 0.15) is 25.7 Å². The lowest BCUT2D eigenvalue weighted by atomic mass is 10.1. The first kappa shape index (κ1) is 48.9. The van der Waals surface area contributed by atoms with Crippen molar-refractivity contribution in [2.45, 2.75) is 37.9 Å². The van der Waals surface area contributed by atoms with Crippen LogP contribution in [0.3, 0.4) is 0 Å². The number of amides is 2. The zero-order chi connectivity index (χ0) is 49.3. The molecular formula is C48H44Cl2F2N8O10. The molecule has 0 bridgehead atoms. The van der Waals surface area contributed by atoms with Crippen LogP contribution >= 0.6 is 23.2 Å². The normalized spacial score (nSPS) is 14.4. The molecule has 8 rings (SSSR count). The number of halogens is 4. The molecule has 2 fully saturated rings. The van der Waals surface area contributed by atoms with Crippen LogP contribution in [0.2, 0.25) is 10.0 Å². The summed E-state index contributed by atoms with van der Waals surface area (Å²) in [6.45, 7) is 0.124. The lowest BCUT2D eigenvalue weighted by Crippen LogP contribution is -2.43. The molecule has 0 atom stereocenters. The van der Waals surface area contributed by atoms with Gasteiger partial charge in [0, 0.05) is 86.9 Å². The van der Waals surface area contributed by atoms with Crippen molar-refractivity contribution in [1.82, 2.24) is 29.7 Å². The van der Waals surface area contributed by atoms with Gasteiger partial charge in [-0.05, 0) is 36.4 Å². The third-order valence-electron chi connectivity index (χ3n) is 11.5. The Bertz CT molecular complexity index is 2780. The van der Waals surface area contributed by atoms with Gasteiger partial charge < -0.3 is 48.9 Å². The zero-order valence-corrected chi connectivity index (χ0v) is 39.1. The summed E-state index contributed by atoms with van der Waals surface area (Å²) in [6, 6.07) is 15.9. The molecule has 0 aliphatic carbocycles. The second kappa shape index (κ2) is 22.2. The summed E-state index contributed by atoms with van der Waals surface area (Å²) >= 11 is 11.9. The summed E-state index contributed by atoms with van der Waals surface area (Å²) in [5.74, 6) is -1.75. The van der Waals surface area contributed by atoms with E-state index in [1.807, 2.05) is 0 Å². The SMILES string of the molecule is COc1cc2ncnc(Nc3cccc(Cl)c3F)c2cc1OC1CCN(C(=O)COC(=O)/C=C\C(=O)OCC(=O)N2CCC(Oc3cc4c(Nc5cccc(Cl)c5F)ncnc4cc3OC)CC2)CC1. The standard InChI is InChI=1S/C48H44Cl2F2N8O10/c1-65-37-21-35-29(47(55-25-53-35)57-33-7-3-5-31(49)45(33)51)19-39(37)69-27-11-15-59(16-12-27)41(61)23-67-43(63)9-10-44(64)68-24-42(62)60-17-13-28(14-18-60)70-40-20-30-36(22-38(40)66-2)54-26-56-48(30)58-34-8-4-6-32(50)46(34)52/h3-10,19-22,25-28H,11-18,23-24H2,1-2H3,(H,53,55,57)(H,54,56,58)/b10-9-. The molecule has 70 heavy (non-hydrogen) atoms. The zero-order valence-electron chi connectivity index (χ0n) is 37.6. The molecule has 2 N–H and O–H groups in total. The van der Waals surface area contributed by atoms with Crippen LogP contribution < -0.4 is 29.6 Å². The van der Waals surface area contributed by atoms with E-state index in [1.54, 1.807) is 36.4 Å². The molecule has 0 spiro atoms. The molecule has 2 aliphatic rings. The highest BCUT2D eigenvalue weighted by Gasteiger charge is 2.28. The molecule has 364 valence electrons. The van der Waals surface area contributed by atoms with E-state index in [2.05, 4.69) is 30.6 Å². The largest absolute Gasteiger partial charge is 0.493 e. The summed E-state index contributed by atoms with van der Waals surface area (Å²) in [4.78, 5) is 70.9. The molecule has 22 heteroatoms. The minimum atomic E-state index is -0.950. The molecule has 4 aromatic carbocycles. The number of ether oxygens (including phenoxy) is 6. The molecule has 2 amide bonds. The van der Waals surface area contributed by atoms with E-state index in [9.17, 15) is 28.0 Å². The summed E-state index contributed by atoms with van der Waals surface area (Å²) in [5, 5.41) is 6.94. The first-order chi connectivity index (χ1) is 33.9. The average Bonchev–Trinajstić information content (AvgIpc) is 3.37. The Morgan fingerprint density at radius 2 is 1.01 bits per heavy atom. The number of likely N-dealkylation sites (tertiary alicyclic amines) is 2. The molecule has 2 saturated heterocycles. The van der Waals surface area contributed by atoms with Crippen molar-refractivity contribution in [2.24, 2.45) is 0 Å². The number of esters is 2. The van der Waals surface area contributed by atoms with E-state index in [1.165, 1.54) is 60.9 Å². The summed E-state index contributed by atoms with van der Waals surface area (Å²) in [6.07, 6.45) is 5.52. The Hall–Kier alpha value is -7.58. The monoisotopic (exact) mass is 1000 g/mol. The summed E-state index contributed by atoms with van der Waals surface area (Å²) < 4.78 is 63.3. The van der Waals surface area contributed by atoms with Gasteiger partial charge >= 0.3 is 11.9 Å². The molecule has 2 aliphatic heterocycles. The quantitative estimate of drug-likeness (QED) is 0.0702. The van der Waals surface area contributed by atoms with Gasteiger partial charge in [0.2, 0.25) is 0 Å². The van der Waals surface area contributed by atoms with Gasteiger partial charge in [0.25, 0.3) is 11.8 Å². The van der Waals surface area contributed by atoms with E-state index in [-0.39, 0.29) is 33.6 Å². The number of methoxy groups -OCH3 is 2. The number of hydrogen-bond donors (Lipinski definition) is 2. The molecule has 4 heterocycles. The number of fused-ring (bicyclic) bond motifs is 2. The van der Waals surface area contributed by atoms with Crippen molar-refractivity contribution in [3.05, 3.63) is 107 Å². The van der Waals surface area contributed by atoms with Crippen LogP contribution in [0.15, 0.2) is 85.5 Å². The fraction of sp³-hybridized carbons (Fsp3) is 0.292. The summed E-state index contributed by atoms with van der Waals surface area (Å²) in [7, 11) is 2.99. The Morgan fingerprint density at radius 1 is 0.614 bits per heavy atom. The van der Waals surface area contributed by atoms with Crippen LogP contribution in [0, 0.1) is 11.6 Å². The minimum absolute atomic E-state index is 0.0444. The van der Waals surface area contributed by atoms with Crippen LogP contribution in [0.5, 0.6) is 23.0 Å². The maximum Gasteiger partial charge on any atom is 0.331 e. The summed E-state index contributed by atoms with van der Waals surface area (Å²) in [5.41, 5.74) is 1.32. The first-order valence-electron chi connectivity index (χ1n) is 21.8. The third kappa shape index (κ3) is 11.6. The molecule has 18 nitrogen and oxygen atoms in total. The minimum Gasteiger partial charge on any atom is -0.493 e. The molecule has 0 saturated carbocycles. The Morgan fingerprint density at radius 3 is 1.40 bits per heavy atom. The van der Waals surface area contributed by atoms with Crippen molar-refractivity contribution in [3.63, 3.8) is 0 Å². The van der Waals surface area contributed by atoms with Crippen LogP contribution in [0.25, 0.3) is 21.8 Å². The van der Waals surface area contributed by atoms with Gasteiger partial charge in [-0.1, -0.05) is 35.3 Å². The average molecular weight is 1000 g/mol. The maximum atomic E-state index is 14.7. The molecule has 6 aromatic rings. The molecular weight excluding hydrogens is 957 g/mol. The van der Waals surface area contributed by atoms with Crippen molar-refractivity contribution in [2.75, 3.05) is 64.2 Å². The van der Waals surface area contributed by atoms with Crippen molar-refractivity contribution >= 4 is 91.8 Å². The van der Waals surface area contributed by atoms with Gasteiger partial charge in [-0.2, -0.15) is 0 Å². The molecule has 0 unspecified atom stereocenters. The van der Waals surface area contributed by atoms with Gasteiger partial charge in [0.05, 0.1) is 46.7 Å². The first-order valence-corrected chi connectivity index (χ1v) is 22.6. The fourth-order valence-electron chi connectivity index (χ4n) is 7.77. The van der Waals surface area contributed by atoms with E-state index < -0.39 is 48.6 Å². The van der Waals surface area contributed by atoms with Crippen molar-refractivity contribution in [3.8, 4) is 23.0 Å². The second-order valence-electron chi connectivity index (χ2n) is 15.9. The number of carbonyl (C=O) groups excluding carboxylic acids is 4. The van der Waals surface area contributed by atoms with Gasteiger partial charge in [0.15, 0.2) is 47.8 Å². The van der Waals surface area contributed by atoms with E-state index in [4.69, 9.17) is 51.6 Å². The Kier molecular flexibility index (Phi) is 15.5. The van der Waals surface area contributed by atoms with E-state index in [0.29, 0.717) is 108 Å². The maximum absolute atomic E-state index is 14.7. The van der Waals surface area contributed by atoms with Crippen LogP contribution in [-0.2, 0) is 28.7 Å². The van der Waals surface area contributed by atoms with E-state index >= 15 is 0 Å². The number of aromatic nitrogens is 4. The Balaban J connectivity index is 0.753. The van der Waals surface area contributed by atoms with Gasteiger partial charge in [-0.3, -0.25) is 9.59 Å². The number of piperidine rings is 2.